The van der Waals surface area contributed by atoms with Crippen LogP contribution in [0.1, 0.15) is 6.42 Å². The van der Waals surface area contributed by atoms with Gasteiger partial charge in [0.1, 0.15) is 11.7 Å². The highest BCUT2D eigenvalue weighted by Crippen LogP contribution is 2.26. The minimum Gasteiger partial charge on any atom is -0.481 e. The van der Waals surface area contributed by atoms with Crippen LogP contribution in [-0.4, -0.2) is 11.1 Å². The van der Waals surface area contributed by atoms with E-state index in [4.69, 9.17) is 0 Å². The fraction of sp³-hybridized carbons (Fsp3) is 0.133. The zero-order valence-corrected chi connectivity index (χ0v) is 10.3. The topological polar surface area (TPSA) is 49.3 Å². The summed E-state index contributed by atoms with van der Waals surface area (Å²) in [5.41, 5.74) is 2.11. The Morgan fingerprint density at radius 3 is 2.68 bits per heavy atom. The SMILES string of the molecule is C=CC1=CCC(C(=O)O)C(Nc2ccc(F)cc2)=C1. The normalized spacial score (nSPS) is 18.3. The van der Waals surface area contributed by atoms with Crippen molar-refractivity contribution in [1.29, 1.82) is 0 Å². The van der Waals surface area contributed by atoms with Crippen molar-refractivity contribution in [3.8, 4) is 0 Å². The smallest absolute Gasteiger partial charge is 0.312 e. The molecule has 1 aromatic rings. The van der Waals surface area contributed by atoms with Gasteiger partial charge in [-0.3, -0.25) is 4.79 Å². The Kier molecular flexibility index (Phi) is 3.80. The van der Waals surface area contributed by atoms with Crippen LogP contribution in [0.15, 0.2) is 60.3 Å². The fourth-order valence-corrected chi connectivity index (χ4v) is 1.92. The molecule has 0 saturated carbocycles. The maximum absolute atomic E-state index is 12.8. The summed E-state index contributed by atoms with van der Waals surface area (Å²) in [5.74, 6) is -1.83. The summed E-state index contributed by atoms with van der Waals surface area (Å²) in [6, 6.07) is 5.79. The van der Waals surface area contributed by atoms with E-state index in [2.05, 4.69) is 11.9 Å². The van der Waals surface area contributed by atoms with Crippen molar-refractivity contribution in [3.05, 3.63) is 66.2 Å². The lowest BCUT2D eigenvalue weighted by molar-refractivity contribution is -0.140. The van der Waals surface area contributed by atoms with Gasteiger partial charge in [-0.15, -0.1) is 0 Å². The van der Waals surface area contributed by atoms with Crippen LogP contribution in [0.2, 0.25) is 0 Å². The van der Waals surface area contributed by atoms with Crippen molar-refractivity contribution in [2.45, 2.75) is 6.42 Å². The van der Waals surface area contributed by atoms with Crippen LogP contribution in [-0.2, 0) is 4.79 Å². The van der Waals surface area contributed by atoms with Crippen molar-refractivity contribution in [2.75, 3.05) is 5.32 Å². The molecule has 2 rings (SSSR count). The number of carbonyl (C=O) groups is 1. The molecule has 0 aromatic heterocycles. The van der Waals surface area contributed by atoms with Gasteiger partial charge in [0.25, 0.3) is 0 Å². The Morgan fingerprint density at radius 2 is 2.11 bits per heavy atom. The zero-order valence-electron chi connectivity index (χ0n) is 10.3. The Balaban J connectivity index is 2.25. The van der Waals surface area contributed by atoms with Gasteiger partial charge in [0.2, 0.25) is 0 Å². The molecule has 0 amide bonds. The van der Waals surface area contributed by atoms with Gasteiger partial charge in [0, 0.05) is 11.4 Å². The average Bonchev–Trinajstić information content (AvgIpc) is 2.41. The van der Waals surface area contributed by atoms with Crippen molar-refractivity contribution < 1.29 is 14.3 Å². The number of rotatable bonds is 4. The summed E-state index contributed by atoms with van der Waals surface area (Å²) in [6.45, 7) is 3.67. The van der Waals surface area contributed by atoms with Gasteiger partial charge in [-0.25, -0.2) is 4.39 Å². The minimum absolute atomic E-state index is 0.329. The molecular weight excluding hydrogens is 245 g/mol. The second kappa shape index (κ2) is 5.52. The summed E-state index contributed by atoms with van der Waals surface area (Å²) >= 11 is 0. The van der Waals surface area contributed by atoms with Gasteiger partial charge >= 0.3 is 5.97 Å². The van der Waals surface area contributed by atoms with Crippen molar-refractivity contribution in [2.24, 2.45) is 5.92 Å². The van der Waals surface area contributed by atoms with Crippen LogP contribution in [0.3, 0.4) is 0 Å². The van der Waals surface area contributed by atoms with E-state index in [-0.39, 0.29) is 5.82 Å². The molecule has 0 fully saturated rings. The maximum atomic E-state index is 12.8. The predicted octanol–water partition coefficient (Wildman–Crippen LogP) is 3.34. The molecule has 0 aliphatic heterocycles. The monoisotopic (exact) mass is 259 g/mol. The number of benzene rings is 1. The number of halogens is 1. The first-order valence-electron chi connectivity index (χ1n) is 5.89. The molecular formula is C15H14FNO2. The Labute approximate surface area is 110 Å². The van der Waals surface area contributed by atoms with Gasteiger partial charge in [0.05, 0.1) is 0 Å². The summed E-state index contributed by atoms with van der Waals surface area (Å²) in [6.07, 6.45) is 5.67. The molecule has 0 spiro atoms. The molecule has 0 heterocycles. The second-order valence-electron chi connectivity index (χ2n) is 4.27. The van der Waals surface area contributed by atoms with Gasteiger partial charge in [0.15, 0.2) is 0 Å². The molecule has 1 atom stereocenters. The molecule has 1 unspecified atom stereocenters. The predicted molar refractivity (Wildman–Crippen MR) is 72.1 cm³/mol. The highest BCUT2D eigenvalue weighted by atomic mass is 19.1. The molecule has 1 aliphatic carbocycles. The summed E-state index contributed by atoms with van der Waals surface area (Å²) in [7, 11) is 0. The molecule has 0 bridgehead atoms. The number of hydrogen-bond donors (Lipinski definition) is 2. The third-order valence-electron chi connectivity index (χ3n) is 2.95. The number of nitrogens with one attached hydrogen (secondary N) is 1. The van der Waals surface area contributed by atoms with Gasteiger partial charge in [-0.05, 0) is 42.3 Å². The van der Waals surface area contributed by atoms with E-state index < -0.39 is 11.9 Å². The van der Waals surface area contributed by atoms with E-state index in [1.54, 1.807) is 24.3 Å². The molecule has 3 nitrogen and oxygen atoms in total. The van der Waals surface area contributed by atoms with E-state index >= 15 is 0 Å². The molecule has 1 aliphatic rings. The van der Waals surface area contributed by atoms with Gasteiger partial charge < -0.3 is 10.4 Å². The summed E-state index contributed by atoms with van der Waals surface area (Å²) < 4.78 is 12.8. The Morgan fingerprint density at radius 1 is 1.42 bits per heavy atom. The number of allylic oxidation sites excluding steroid dienone is 4. The first-order valence-corrected chi connectivity index (χ1v) is 5.89. The van der Waals surface area contributed by atoms with E-state index in [0.29, 0.717) is 17.8 Å². The van der Waals surface area contributed by atoms with Crippen LogP contribution in [0.4, 0.5) is 10.1 Å². The summed E-state index contributed by atoms with van der Waals surface area (Å²) in [5, 5.41) is 12.2. The molecule has 1 aromatic carbocycles. The number of hydrogen-bond acceptors (Lipinski definition) is 2. The fourth-order valence-electron chi connectivity index (χ4n) is 1.92. The number of anilines is 1. The lowest BCUT2D eigenvalue weighted by Crippen LogP contribution is -2.22. The third-order valence-corrected chi connectivity index (χ3v) is 2.95. The molecule has 4 heteroatoms. The first-order chi connectivity index (χ1) is 9.10. The first kappa shape index (κ1) is 13.1. The number of carboxylic acid groups (broad SMARTS) is 1. The standard InChI is InChI=1S/C15H14FNO2/c1-2-10-3-8-13(15(18)19)14(9-10)17-12-6-4-11(16)5-7-12/h2-7,9,13,17H,1,8H2,(H,18,19). The summed E-state index contributed by atoms with van der Waals surface area (Å²) in [4.78, 5) is 11.2. The van der Waals surface area contributed by atoms with Crippen molar-refractivity contribution in [1.82, 2.24) is 0 Å². The Bertz CT molecular complexity index is 558. The minimum atomic E-state index is -0.889. The lowest BCUT2D eigenvalue weighted by Gasteiger charge is -2.21. The third kappa shape index (κ3) is 3.10. The van der Waals surface area contributed by atoms with Crippen LogP contribution in [0.5, 0.6) is 0 Å². The van der Waals surface area contributed by atoms with Gasteiger partial charge in [-0.1, -0.05) is 18.7 Å². The van der Waals surface area contributed by atoms with E-state index in [0.717, 1.165) is 5.57 Å². The van der Waals surface area contributed by atoms with Crippen LogP contribution >= 0.6 is 0 Å². The zero-order chi connectivity index (χ0) is 13.8. The Hall–Kier alpha value is -2.36. The lowest BCUT2D eigenvalue weighted by atomic mass is 9.93. The highest BCUT2D eigenvalue weighted by Gasteiger charge is 2.24. The van der Waals surface area contributed by atoms with Crippen LogP contribution in [0, 0.1) is 11.7 Å². The second-order valence-corrected chi connectivity index (χ2v) is 4.27. The molecule has 2 N–H and O–H groups in total. The quantitative estimate of drug-likeness (QED) is 0.871. The van der Waals surface area contributed by atoms with Crippen LogP contribution < -0.4 is 5.32 Å². The largest absolute Gasteiger partial charge is 0.481 e. The molecule has 0 radical (unpaired) electrons. The molecule has 0 saturated heterocycles. The molecule has 19 heavy (non-hydrogen) atoms. The van der Waals surface area contributed by atoms with E-state index in [9.17, 15) is 14.3 Å². The highest BCUT2D eigenvalue weighted by molar-refractivity contribution is 5.76. The van der Waals surface area contributed by atoms with E-state index in [1.165, 1.54) is 12.1 Å². The van der Waals surface area contributed by atoms with E-state index in [1.807, 2.05) is 6.08 Å². The number of carboxylic acids is 1. The number of aliphatic carboxylic acids is 1. The van der Waals surface area contributed by atoms with Crippen molar-refractivity contribution in [3.63, 3.8) is 0 Å². The van der Waals surface area contributed by atoms with Crippen LogP contribution in [0.25, 0.3) is 0 Å². The van der Waals surface area contributed by atoms with Gasteiger partial charge in [-0.2, -0.15) is 0 Å². The maximum Gasteiger partial charge on any atom is 0.312 e. The average molecular weight is 259 g/mol. The molecule has 98 valence electrons. The van der Waals surface area contributed by atoms with Crippen molar-refractivity contribution >= 4 is 11.7 Å².